The summed E-state index contributed by atoms with van der Waals surface area (Å²) >= 11 is 0. The molecule has 128 valence electrons. The van der Waals surface area contributed by atoms with E-state index >= 15 is 0 Å². The smallest absolute Gasteiger partial charge is 0.0821 e. The predicted octanol–water partition coefficient (Wildman–Crippen LogP) is 3.69. The van der Waals surface area contributed by atoms with Gasteiger partial charge in [-0.2, -0.15) is 0 Å². The van der Waals surface area contributed by atoms with Crippen molar-refractivity contribution in [1.82, 2.24) is 0 Å². The number of hydrogen-bond acceptors (Lipinski definition) is 0. The van der Waals surface area contributed by atoms with E-state index in [0.717, 1.165) is 17.4 Å². The molecule has 0 atom stereocenters. The van der Waals surface area contributed by atoms with Crippen LogP contribution in [0.5, 0.6) is 0 Å². The molecule has 25 heavy (non-hydrogen) atoms. The molecule has 0 aromatic heterocycles. The van der Waals surface area contributed by atoms with Gasteiger partial charge in [-0.3, -0.25) is 0 Å². The Bertz CT molecular complexity index is 752. The summed E-state index contributed by atoms with van der Waals surface area (Å²) in [6, 6.07) is 30.9. The number of quaternary nitrogens is 1. The van der Waals surface area contributed by atoms with Crippen molar-refractivity contribution in [2.24, 2.45) is 0 Å². The second kappa shape index (κ2) is 7.95. The van der Waals surface area contributed by atoms with E-state index in [1.807, 2.05) is 0 Å². The van der Waals surface area contributed by atoms with Gasteiger partial charge in [-0.25, -0.2) is 0 Å². The van der Waals surface area contributed by atoms with Crippen LogP contribution < -0.4 is 15.9 Å². The number of nitrogens with zero attached hydrogens (tertiary/aromatic N) is 1. The summed E-state index contributed by atoms with van der Waals surface area (Å²) < 4.78 is 0.989. The number of benzene rings is 3. The van der Waals surface area contributed by atoms with Crippen LogP contribution in [0.2, 0.25) is 0 Å². The highest BCUT2D eigenvalue weighted by molar-refractivity contribution is 7.79. The largest absolute Gasteiger partial charge is 0.331 e. The standard InChI is InChI=1S/C23H27NP/c1-24(2,3)19-18-20-12-10-11-17-23(20)25(21-13-6-4-7-14-21)22-15-8-5-9-16-22/h4-17H,18-19H2,1-3H3/q+1. The Labute approximate surface area is 153 Å². The summed E-state index contributed by atoms with van der Waals surface area (Å²) in [6.45, 7) is 1.14. The monoisotopic (exact) mass is 348 g/mol. The van der Waals surface area contributed by atoms with Gasteiger partial charge in [-0.15, -0.1) is 0 Å². The minimum absolute atomic E-state index is 0.521. The Kier molecular flexibility index (Phi) is 5.68. The summed E-state index contributed by atoms with van der Waals surface area (Å²) in [5.74, 6) is 0. The summed E-state index contributed by atoms with van der Waals surface area (Å²) in [5.41, 5.74) is 1.48. The first kappa shape index (κ1) is 17.9. The Morgan fingerprint density at radius 2 is 1.12 bits per heavy atom. The van der Waals surface area contributed by atoms with Crippen molar-refractivity contribution in [2.45, 2.75) is 6.42 Å². The van der Waals surface area contributed by atoms with E-state index in [9.17, 15) is 0 Å². The van der Waals surface area contributed by atoms with Gasteiger partial charge in [0.1, 0.15) is 0 Å². The van der Waals surface area contributed by atoms with E-state index in [1.54, 1.807) is 0 Å². The first-order chi connectivity index (χ1) is 12.0. The minimum atomic E-state index is -0.521. The van der Waals surface area contributed by atoms with Crippen LogP contribution in [0, 0.1) is 0 Å². The van der Waals surface area contributed by atoms with Gasteiger partial charge in [0.05, 0.1) is 27.7 Å². The molecule has 2 heteroatoms. The molecule has 0 fully saturated rings. The lowest BCUT2D eigenvalue weighted by Gasteiger charge is -2.26. The van der Waals surface area contributed by atoms with Crippen LogP contribution in [0.4, 0.5) is 0 Å². The van der Waals surface area contributed by atoms with E-state index in [1.165, 1.54) is 21.5 Å². The van der Waals surface area contributed by atoms with Crippen LogP contribution in [0.3, 0.4) is 0 Å². The summed E-state index contributed by atoms with van der Waals surface area (Å²) in [7, 11) is 6.27. The van der Waals surface area contributed by atoms with Crippen molar-refractivity contribution in [3.63, 3.8) is 0 Å². The molecule has 0 bridgehead atoms. The molecule has 3 aromatic carbocycles. The molecule has 0 unspecified atom stereocenters. The molecule has 3 rings (SSSR count). The molecule has 1 nitrogen and oxygen atoms in total. The molecular formula is C23H27NP+. The highest BCUT2D eigenvalue weighted by Crippen LogP contribution is 2.34. The number of hydrogen-bond donors (Lipinski definition) is 0. The second-order valence-corrected chi connectivity index (χ2v) is 9.58. The zero-order valence-corrected chi connectivity index (χ0v) is 16.3. The predicted molar refractivity (Wildman–Crippen MR) is 112 cm³/mol. The SMILES string of the molecule is C[N+](C)(C)CCc1ccccc1P(c1ccccc1)c1ccccc1. The fourth-order valence-electron chi connectivity index (χ4n) is 2.98. The second-order valence-electron chi connectivity index (χ2n) is 7.40. The highest BCUT2D eigenvalue weighted by Gasteiger charge is 2.20. The quantitative estimate of drug-likeness (QED) is 0.471. The van der Waals surface area contributed by atoms with E-state index in [0.29, 0.717) is 0 Å². The lowest BCUT2D eigenvalue weighted by atomic mass is 10.1. The van der Waals surface area contributed by atoms with E-state index in [-0.39, 0.29) is 0 Å². The van der Waals surface area contributed by atoms with Crippen molar-refractivity contribution in [3.8, 4) is 0 Å². The Morgan fingerprint density at radius 3 is 1.64 bits per heavy atom. The van der Waals surface area contributed by atoms with E-state index in [4.69, 9.17) is 0 Å². The summed E-state index contributed by atoms with van der Waals surface area (Å²) in [5, 5.41) is 4.33. The molecule has 0 saturated heterocycles. The third kappa shape index (κ3) is 4.78. The fourth-order valence-corrected chi connectivity index (χ4v) is 5.48. The zero-order valence-electron chi connectivity index (χ0n) is 15.4. The average Bonchev–Trinajstić information content (AvgIpc) is 2.62. The lowest BCUT2D eigenvalue weighted by molar-refractivity contribution is -0.870. The van der Waals surface area contributed by atoms with Gasteiger partial charge in [-0.1, -0.05) is 84.9 Å². The summed E-state index contributed by atoms with van der Waals surface area (Å²) in [6.07, 6.45) is 1.11. The van der Waals surface area contributed by atoms with Crippen LogP contribution in [-0.2, 0) is 6.42 Å². The molecule has 0 radical (unpaired) electrons. The topological polar surface area (TPSA) is 0 Å². The molecule has 0 heterocycles. The molecule has 0 aliphatic rings. The normalized spacial score (nSPS) is 11.7. The Balaban J connectivity index is 2.06. The third-order valence-electron chi connectivity index (χ3n) is 4.31. The van der Waals surface area contributed by atoms with Crippen molar-refractivity contribution >= 4 is 23.8 Å². The Hall–Kier alpha value is -1.95. The van der Waals surface area contributed by atoms with Crippen LogP contribution in [0.25, 0.3) is 0 Å². The number of likely N-dealkylation sites (N-methyl/N-ethyl adjacent to an activating group) is 1. The lowest BCUT2D eigenvalue weighted by Crippen LogP contribution is -2.37. The first-order valence-electron chi connectivity index (χ1n) is 8.83. The first-order valence-corrected chi connectivity index (χ1v) is 10.2. The molecular weight excluding hydrogens is 321 g/mol. The van der Waals surface area contributed by atoms with Crippen LogP contribution in [0.1, 0.15) is 5.56 Å². The van der Waals surface area contributed by atoms with Gasteiger partial charge in [0, 0.05) is 6.42 Å². The van der Waals surface area contributed by atoms with E-state index < -0.39 is 7.92 Å². The van der Waals surface area contributed by atoms with Crippen molar-refractivity contribution in [1.29, 1.82) is 0 Å². The van der Waals surface area contributed by atoms with Crippen molar-refractivity contribution < 1.29 is 4.48 Å². The van der Waals surface area contributed by atoms with Gasteiger partial charge in [0.15, 0.2) is 0 Å². The average molecular weight is 348 g/mol. The molecule has 0 aliphatic carbocycles. The number of rotatable bonds is 6. The highest BCUT2D eigenvalue weighted by atomic mass is 31.1. The third-order valence-corrected chi connectivity index (χ3v) is 6.86. The molecule has 0 amide bonds. The molecule has 3 aromatic rings. The van der Waals surface area contributed by atoms with Crippen LogP contribution in [0.15, 0.2) is 84.9 Å². The summed E-state index contributed by atoms with van der Waals surface area (Å²) in [4.78, 5) is 0. The van der Waals surface area contributed by atoms with Crippen molar-refractivity contribution in [2.75, 3.05) is 27.7 Å². The van der Waals surface area contributed by atoms with Gasteiger partial charge in [0.2, 0.25) is 0 Å². The minimum Gasteiger partial charge on any atom is -0.331 e. The fraction of sp³-hybridized carbons (Fsp3) is 0.217. The maximum Gasteiger partial charge on any atom is 0.0821 e. The maximum atomic E-state index is 2.33. The molecule has 0 aliphatic heterocycles. The maximum absolute atomic E-state index is 2.33. The Morgan fingerprint density at radius 1 is 0.640 bits per heavy atom. The van der Waals surface area contributed by atoms with Gasteiger partial charge in [-0.05, 0) is 29.4 Å². The van der Waals surface area contributed by atoms with Crippen molar-refractivity contribution in [3.05, 3.63) is 90.5 Å². The van der Waals surface area contributed by atoms with Crippen LogP contribution in [-0.4, -0.2) is 32.2 Å². The van der Waals surface area contributed by atoms with Gasteiger partial charge < -0.3 is 4.48 Å². The van der Waals surface area contributed by atoms with Gasteiger partial charge in [0.25, 0.3) is 0 Å². The molecule has 0 saturated carbocycles. The van der Waals surface area contributed by atoms with E-state index in [2.05, 4.69) is 106 Å². The molecule has 0 spiro atoms. The van der Waals surface area contributed by atoms with Gasteiger partial charge >= 0.3 is 0 Å². The molecule has 0 N–H and O–H groups in total. The van der Waals surface area contributed by atoms with Crippen LogP contribution >= 0.6 is 7.92 Å². The zero-order chi connectivity index (χ0) is 17.7.